The summed E-state index contributed by atoms with van der Waals surface area (Å²) < 4.78 is 26.0. The van der Waals surface area contributed by atoms with Crippen molar-refractivity contribution in [3.63, 3.8) is 0 Å². The quantitative estimate of drug-likeness (QED) is 0.863. The van der Waals surface area contributed by atoms with Crippen LogP contribution in [0.15, 0.2) is 35.0 Å². The van der Waals surface area contributed by atoms with Crippen molar-refractivity contribution in [3.8, 4) is 0 Å². The first-order chi connectivity index (χ1) is 8.58. The fourth-order valence-corrected chi connectivity index (χ4v) is 2.62. The normalized spacial score (nSPS) is 14.4. The summed E-state index contributed by atoms with van der Waals surface area (Å²) in [5.41, 5.74) is 1.95. The van der Waals surface area contributed by atoms with Crippen LogP contribution in [0.5, 0.6) is 0 Å². The second-order valence-electron chi connectivity index (χ2n) is 4.34. The zero-order valence-electron chi connectivity index (χ0n) is 10.3. The number of hydrogen-bond acceptors (Lipinski definition) is 2. The molecule has 0 aliphatic carbocycles. The molecule has 2 atom stereocenters. The second kappa shape index (κ2) is 5.59. The highest BCUT2D eigenvalue weighted by Crippen LogP contribution is 2.22. The number of rotatable bonds is 4. The summed E-state index contributed by atoms with van der Waals surface area (Å²) in [6.07, 6.45) is 0. The summed E-state index contributed by atoms with van der Waals surface area (Å²) in [5, 5.41) is 7.47. The highest BCUT2D eigenvalue weighted by molar-refractivity contribution is 7.07. The third-order valence-electron chi connectivity index (χ3n) is 2.99. The van der Waals surface area contributed by atoms with Crippen LogP contribution in [0.3, 0.4) is 0 Å². The number of benzene rings is 1. The number of halogens is 2. The van der Waals surface area contributed by atoms with Gasteiger partial charge in [-0.1, -0.05) is 6.07 Å². The van der Waals surface area contributed by atoms with Crippen molar-refractivity contribution in [1.29, 1.82) is 0 Å². The van der Waals surface area contributed by atoms with Crippen LogP contribution < -0.4 is 5.32 Å². The Morgan fingerprint density at radius 1 is 1.00 bits per heavy atom. The first kappa shape index (κ1) is 13.2. The molecule has 0 bridgehead atoms. The van der Waals surface area contributed by atoms with E-state index in [-0.39, 0.29) is 12.1 Å². The molecule has 0 spiro atoms. The van der Waals surface area contributed by atoms with Gasteiger partial charge in [-0.05, 0) is 53.9 Å². The minimum Gasteiger partial charge on any atom is -0.304 e. The van der Waals surface area contributed by atoms with Gasteiger partial charge in [0.1, 0.15) is 0 Å². The van der Waals surface area contributed by atoms with E-state index in [1.54, 1.807) is 17.4 Å². The van der Waals surface area contributed by atoms with Crippen molar-refractivity contribution in [2.24, 2.45) is 0 Å². The summed E-state index contributed by atoms with van der Waals surface area (Å²) in [7, 11) is 0. The van der Waals surface area contributed by atoms with Gasteiger partial charge in [-0.3, -0.25) is 0 Å². The van der Waals surface area contributed by atoms with Gasteiger partial charge in [0.25, 0.3) is 0 Å². The van der Waals surface area contributed by atoms with Gasteiger partial charge < -0.3 is 5.32 Å². The molecule has 0 saturated heterocycles. The lowest BCUT2D eigenvalue weighted by atomic mass is 10.1. The molecule has 0 amide bonds. The van der Waals surface area contributed by atoms with Crippen LogP contribution in [0, 0.1) is 11.6 Å². The molecule has 0 aliphatic heterocycles. The number of nitrogens with one attached hydrogen (secondary N) is 1. The summed E-state index contributed by atoms with van der Waals surface area (Å²) in [6.45, 7) is 3.99. The van der Waals surface area contributed by atoms with Gasteiger partial charge in [0.05, 0.1) is 0 Å². The lowest BCUT2D eigenvalue weighted by Gasteiger charge is -2.20. The fraction of sp³-hybridized carbons (Fsp3) is 0.286. The van der Waals surface area contributed by atoms with E-state index in [0.29, 0.717) is 0 Å². The van der Waals surface area contributed by atoms with Crippen LogP contribution in [-0.4, -0.2) is 0 Å². The van der Waals surface area contributed by atoms with Crippen LogP contribution in [0.25, 0.3) is 0 Å². The molecule has 0 saturated carbocycles. The molecule has 1 N–H and O–H groups in total. The highest BCUT2D eigenvalue weighted by Gasteiger charge is 2.13. The Morgan fingerprint density at radius 3 is 2.33 bits per heavy atom. The average Bonchev–Trinajstić information content (AvgIpc) is 2.86. The van der Waals surface area contributed by atoms with E-state index in [0.717, 1.165) is 11.6 Å². The Bertz CT molecular complexity index is 511. The van der Waals surface area contributed by atoms with Crippen molar-refractivity contribution in [1.82, 2.24) is 5.32 Å². The molecule has 2 unspecified atom stereocenters. The maximum Gasteiger partial charge on any atom is 0.159 e. The van der Waals surface area contributed by atoms with Gasteiger partial charge in [0, 0.05) is 12.1 Å². The van der Waals surface area contributed by atoms with Crippen LogP contribution in [0.1, 0.15) is 37.1 Å². The molecule has 1 nitrogen and oxygen atoms in total. The van der Waals surface area contributed by atoms with Crippen molar-refractivity contribution in [2.75, 3.05) is 0 Å². The van der Waals surface area contributed by atoms with Crippen molar-refractivity contribution >= 4 is 11.3 Å². The zero-order chi connectivity index (χ0) is 13.1. The summed E-state index contributed by atoms with van der Waals surface area (Å²) in [4.78, 5) is 0. The van der Waals surface area contributed by atoms with E-state index in [1.807, 2.05) is 12.3 Å². The monoisotopic (exact) mass is 267 g/mol. The standard InChI is InChI=1S/C14H15F2NS/c1-9(11-3-4-13(15)14(16)7-11)17-10(2)12-5-6-18-8-12/h3-10,17H,1-2H3. The average molecular weight is 267 g/mol. The molecule has 1 aromatic carbocycles. The lowest BCUT2D eigenvalue weighted by molar-refractivity contribution is 0.480. The number of hydrogen-bond donors (Lipinski definition) is 1. The molecule has 2 aromatic rings. The molecule has 0 fully saturated rings. The SMILES string of the molecule is CC(NC(C)c1ccc(F)c(F)c1)c1ccsc1. The van der Waals surface area contributed by atoms with E-state index in [2.05, 4.69) is 23.7 Å². The Kier molecular flexibility index (Phi) is 4.09. The van der Waals surface area contributed by atoms with Gasteiger partial charge >= 0.3 is 0 Å². The minimum absolute atomic E-state index is 0.0324. The fourth-order valence-electron chi connectivity index (χ4n) is 1.87. The van der Waals surface area contributed by atoms with Gasteiger partial charge in [-0.25, -0.2) is 8.78 Å². The topological polar surface area (TPSA) is 12.0 Å². The van der Waals surface area contributed by atoms with Gasteiger partial charge in [-0.2, -0.15) is 11.3 Å². The molecule has 1 heterocycles. The maximum absolute atomic E-state index is 13.1. The Morgan fingerprint density at radius 2 is 1.72 bits per heavy atom. The molecule has 2 rings (SSSR count). The molecular formula is C14H15F2NS. The molecule has 96 valence electrons. The van der Waals surface area contributed by atoms with E-state index in [4.69, 9.17) is 0 Å². The second-order valence-corrected chi connectivity index (χ2v) is 5.12. The highest BCUT2D eigenvalue weighted by atomic mass is 32.1. The third-order valence-corrected chi connectivity index (χ3v) is 3.69. The molecule has 18 heavy (non-hydrogen) atoms. The van der Waals surface area contributed by atoms with Crippen LogP contribution >= 0.6 is 11.3 Å². The maximum atomic E-state index is 13.1. The predicted molar refractivity (Wildman–Crippen MR) is 70.6 cm³/mol. The first-order valence-electron chi connectivity index (χ1n) is 5.81. The van der Waals surface area contributed by atoms with E-state index >= 15 is 0 Å². The summed E-state index contributed by atoms with van der Waals surface area (Å²) in [5.74, 6) is -1.61. The first-order valence-corrected chi connectivity index (χ1v) is 6.75. The number of thiophene rings is 1. The summed E-state index contributed by atoms with van der Waals surface area (Å²) in [6, 6.07) is 6.22. The Labute approximate surface area is 109 Å². The molecule has 0 aliphatic rings. The van der Waals surface area contributed by atoms with Gasteiger partial charge in [0.2, 0.25) is 0 Å². The summed E-state index contributed by atoms with van der Waals surface area (Å²) >= 11 is 1.65. The third kappa shape index (κ3) is 2.94. The van der Waals surface area contributed by atoms with E-state index in [1.165, 1.54) is 11.6 Å². The van der Waals surface area contributed by atoms with Crippen molar-refractivity contribution in [3.05, 3.63) is 57.8 Å². The van der Waals surface area contributed by atoms with Crippen LogP contribution in [-0.2, 0) is 0 Å². The smallest absolute Gasteiger partial charge is 0.159 e. The molecule has 0 radical (unpaired) electrons. The van der Waals surface area contributed by atoms with Gasteiger partial charge in [0.15, 0.2) is 11.6 Å². The van der Waals surface area contributed by atoms with E-state index < -0.39 is 11.6 Å². The van der Waals surface area contributed by atoms with Crippen molar-refractivity contribution in [2.45, 2.75) is 25.9 Å². The van der Waals surface area contributed by atoms with Crippen LogP contribution in [0.4, 0.5) is 8.78 Å². The van der Waals surface area contributed by atoms with E-state index in [9.17, 15) is 8.78 Å². The zero-order valence-corrected chi connectivity index (χ0v) is 11.1. The molecule has 4 heteroatoms. The minimum atomic E-state index is -0.808. The van der Waals surface area contributed by atoms with Gasteiger partial charge in [-0.15, -0.1) is 0 Å². The lowest BCUT2D eigenvalue weighted by Crippen LogP contribution is -2.22. The van der Waals surface area contributed by atoms with Crippen molar-refractivity contribution < 1.29 is 8.78 Å². The Hall–Kier alpha value is -1.26. The van der Waals surface area contributed by atoms with Crippen LogP contribution in [0.2, 0.25) is 0 Å². The molecule has 1 aromatic heterocycles. The predicted octanol–water partition coefficient (Wildman–Crippen LogP) is 4.44. The largest absolute Gasteiger partial charge is 0.304 e. The Balaban J connectivity index is 2.07. The molecular weight excluding hydrogens is 252 g/mol.